The summed E-state index contributed by atoms with van der Waals surface area (Å²) >= 11 is 0. The smallest absolute Gasteiger partial charge is 0.123 e. The van der Waals surface area contributed by atoms with E-state index in [1.54, 1.807) is 12.1 Å². The highest BCUT2D eigenvalue weighted by atomic mass is 16.5. The van der Waals surface area contributed by atoms with Crippen molar-refractivity contribution in [3.05, 3.63) is 29.3 Å². The van der Waals surface area contributed by atoms with E-state index in [0.29, 0.717) is 18.2 Å². The van der Waals surface area contributed by atoms with Crippen molar-refractivity contribution in [1.29, 1.82) is 5.26 Å². The molecule has 0 saturated heterocycles. The Balaban J connectivity index is 2.72. The first-order valence-corrected chi connectivity index (χ1v) is 4.98. The van der Waals surface area contributed by atoms with Crippen LogP contribution in [0, 0.1) is 18.3 Å². The van der Waals surface area contributed by atoms with Gasteiger partial charge in [0.05, 0.1) is 11.6 Å². The number of ether oxygens (including phenoxy) is 1. The number of aryl methyl sites for hydroxylation is 1. The molecule has 0 aromatic heterocycles. The number of benzene rings is 1. The van der Waals surface area contributed by atoms with Crippen LogP contribution in [0.1, 0.15) is 18.1 Å². The standard InChI is InChI=1S/C12H16N2O/c1-9-4-5-11(7-13)6-12(9)15-8-10(2)14-3/h4-6,10,14H,8H2,1-3H3. The molecule has 0 radical (unpaired) electrons. The zero-order chi connectivity index (χ0) is 11.3. The minimum absolute atomic E-state index is 0.301. The Morgan fingerprint density at radius 2 is 2.27 bits per heavy atom. The summed E-state index contributed by atoms with van der Waals surface area (Å²) in [5.41, 5.74) is 1.69. The first kappa shape index (κ1) is 11.5. The Labute approximate surface area is 90.7 Å². The second-order valence-corrected chi connectivity index (χ2v) is 3.59. The van der Waals surface area contributed by atoms with Gasteiger partial charge in [0, 0.05) is 6.04 Å². The van der Waals surface area contributed by atoms with E-state index in [2.05, 4.69) is 11.4 Å². The molecule has 0 aliphatic heterocycles. The molecule has 1 rings (SSSR count). The predicted molar refractivity (Wildman–Crippen MR) is 59.9 cm³/mol. The van der Waals surface area contributed by atoms with Gasteiger partial charge in [-0.15, -0.1) is 0 Å². The number of hydrogen-bond donors (Lipinski definition) is 1. The molecule has 0 heterocycles. The summed E-state index contributed by atoms with van der Waals surface area (Å²) in [5.74, 6) is 0.788. The van der Waals surface area contributed by atoms with Gasteiger partial charge >= 0.3 is 0 Å². The molecule has 0 aliphatic rings. The number of nitriles is 1. The number of nitrogens with zero attached hydrogens (tertiary/aromatic N) is 1. The first-order chi connectivity index (χ1) is 7.17. The van der Waals surface area contributed by atoms with Crippen molar-refractivity contribution in [3.63, 3.8) is 0 Å². The second-order valence-electron chi connectivity index (χ2n) is 3.59. The molecule has 1 unspecified atom stereocenters. The van der Waals surface area contributed by atoms with Crippen LogP contribution in [0.4, 0.5) is 0 Å². The topological polar surface area (TPSA) is 45.0 Å². The zero-order valence-electron chi connectivity index (χ0n) is 9.37. The van der Waals surface area contributed by atoms with Crippen LogP contribution in [0.5, 0.6) is 5.75 Å². The Kier molecular flexibility index (Phi) is 4.14. The number of nitrogens with one attached hydrogen (secondary N) is 1. The molecular weight excluding hydrogens is 188 g/mol. The van der Waals surface area contributed by atoms with Crippen LogP contribution in [0.15, 0.2) is 18.2 Å². The van der Waals surface area contributed by atoms with E-state index >= 15 is 0 Å². The van der Waals surface area contributed by atoms with Crippen molar-refractivity contribution in [2.24, 2.45) is 0 Å². The van der Waals surface area contributed by atoms with E-state index < -0.39 is 0 Å². The molecule has 1 atom stereocenters. The van der Waals surface area contributed by atoms with Crippen LogP contribution in [-0.2, 0) is 0 Å². The van der Waals surface area contributed by atoms with Crippen molar-refractivity contribution in [2.75, 3.05) is 13.7 Å². The zero-order valence-corrected chi connectivity index (χ0v) is 9.37. The van der Waals surface area contributed by atoms with Gasteiger partial charge in [0.15, 0.2) is 0 Å². The lowest BCUT2D eigenvalue weighted by atomic mass is 10.1. The van der Waals surface area contributed by atoms with Crippen molar-refractivity contribution < 1.29 is 4.74 Å². The summed E-state index contributed by atoms with van der Waals surface area (Å²) in [7, 11) is 1.90. The quantitative estimate of drug-likeness (QED) is 0.814. The van der Waals surface area contributed by atoms with Gasteiger partial charge in [0.25, 0.3) is 0 Å². The van der Waals surface area contributed by atoms with Gasteiger partial charge in [-0.3, -0.25) is 0 Å². The molecule has 0 bridgehead atoms. The Morgan fingerprint density at radius 3 is 2.87 bits per heavy atom. The van der Waals surface area contributed by atoms with Gasteiger partial charge < -0.3 is 10.1 Å². The summed E-state index contributed by atoms with van der Waals surface area (Å²) in [6.45, 7) is 4.62. The lowest BCUT2D eigenvalue weighted by Gasteiger charge is -2.13. The predicted octanol–water partition coefficient (Wildman–Crippen LogP) is 1.85. The van der Waals surface area contributed by atoms with Gasteiger partial charge in [-0.1, -0.05) is 6.07 Å². The van der Waals surface area contributed by atoms with Crippen LogP contribution >= 0.6 is 0 Å². The third kappa shape index (κ3) is 3.26. The molecule has 1 aromatic rings. The number of rotatable bonds is 4. The van der Waals surface area contributed by atoms with Crippen LogP contribution in [-0.4, -0.2) is 19.7 Å². The molecule has 0 aliphatic carbocycles. The highest BCUT2D eigenvalue weighted by Crippen LogP contribution is 2.19. The molecule has 80 valence electrons. The Morgan fingerprint density at radius 1 is 1.53 bits per heavy atom. The monoisotopic (exact) mass is 204 g/mol. The summed E-state index contributed by atoms with van der Waals surface area (Å²) in [6, 6.07) is 7.87. The van der Waals surface area contributed by atoms with Crippen molar-refractivity contribution in [1.82, 2.24) is 5.32 Å². The largest absolute Gasteiger partial charge is 0.492 e. The van der Waals surface area contributed by atoms with Crippen LogP contribution in [0.3, 0.4) is 0 Å². The van der Waals surface area contributed by atoms with Crippen molar-refractivity contribution in [2.45, 2.75) is 19.9 Å². The molecule has 0 amide bonds. The molecule has 0 spiro atoms. The fraction of sp³-hybridized carbons (Fsp3) is 0.417. The summed E-state index contributed by atoms with van der Waals surface area (Å²) in [6.07, 6.45) is 0. The molecule has 15 heavy (non-hydrogen) atoms. The minimum Gasteiger partial charge on any atom is -0.492 e. The van der Waals surface area contributed by atoms with Crippen LogP contribution in [0.25, 0.3) is 0 Å². The molecule has 1 aromatic carbocycles. The maximum absolute atomic E-state index is 8.76. The summed E-state index contributed by atoms with van der Waals surface area (Å²) in [4.78, 5) is 0. The molecular formula is C12H16N2O. The van der Waals surface area contributed by atoms with Crippen molar-refractivity contribution in [3.8, 4) is 11.8 Å². The Hall–Kier alpha value is -1.53. The normalized spacial score (nSPS) is 11.9. The number of likely N-dealkylation sites (N-methyl/N-ethyl adjacent to an activating group) is 1. The van der Waals surface area contributed by atoms with Gasteiger partial charge in [0.2, 0.25) is 0 Å². The Bertz CT molecular complexity index is 368. The van der Waals surface area contributed by atoms with Crippen LogP contribution < -0.4 is 10.1 Å². The molecule has 3 heteroatoms. The highest BCUT2D eigenvalue weighted by Gasteiger charge is 2.03. The lowest BCUT2D eigenvalue weighted by Crippen LogP contribution is -2.28. The molecule has 1 N–H and O–H groups in total. The van der Waals surface area contributed by atoms with E-state index in [1.165, 1.54) is 0 Å². The first-order valence-electron chi connectivity index (χ1n) is 4.98. The molecule has 0 saturated carbocycles. The fourth-order valence-electron chi connectivity index (χ4n) is 1.12. The summed E-state index contributed by atoms with van der Waals surface area (Å²) in [5, 5.41) is 11.9. The molecule has 0 fully saturated rings. The third-order valence-corrected chi connectivity index (χ3v) is 2.30. The third-order valence-electron chi connectivity index (χ3n) is 2.30. The van der Waals surface area contributed by atoms with E-state index in [4.69, 9.17) is 10.00 Å². The average molecular weight is 204 g/mol. The van der Waals surface area contributed by atoms with Gasteiger partial charge in [-0.2, -0.15) is 5.26 Å². The van der Waals surface area contributed by atoms with E-state index in [9.17, 15) is 0 Å². The summed E-state index contributed by atoms with van der Waals surface area (Å²) < 4.78 is 5.62. The van der Waals surface area contributed by atoms with E-state index in [1.807, 2.05) is 27.0 Å². The van der Waals surface area contributed by atoms with Crippen molar-refractivity contribution >= 4 is 0 Å². The number of hydrogen-bond acceptors (Lipinski definition) is 3. The molecule has 3 nitrogen and oxygen atoms in total. The average Bonchev–Trinajstić information content (AvgIpc) is 2.27. The van der Waals surface area contributed by atoms with E-state index in [-0.39, 0.29) is 0 Å². The van der Waals surface area contributed by atoms with E-state index in [0.717, 1.165) is 11.3 Å². The van der Waals surface area contributed by atoms with Gasteiger partial charge in [-0.05, 0) is 38.6 Å². The maximum atomic E-state index is 8.76. The fourth-order valence-corrected chi connectivity index (χ4v) is 1.12. The minimum atomic E-state index is 0.301. The van der Waals surface area contributed by atoms with Gasteiger partial charge in [0.1, 0.15) is 12.4 Å². The lowest BCUT2D eigenvalue weighted by molar-refractivity contribution is 0.278. The SMILES string of the molecule is CNC(C)COc1cc(C#N)ccc1C. The second kappa shape index (κ2) is 5.38. The highest BCUT2D eigenvalue weighted by molar-refractivity contribution is 5.41. The van der Waals surface area contributed by atoms with Gasteiger partial charge in [-0.25, -0.2) is 0 Å². The maximum Gasteiger partial charge on any atom is 0.123 e. The van der Waals surface area contributed by atoms with Crippen LogP contribution in [0.2, 0.25) is 0 Å².